The molecule has 2 N–H and O–H groups in total. The van der Waals surface area contributed by atoms with Crippen molar-refractivity contribution in [1.82, 2.24) is 5.32 Å². The Balaban J connectivity index is 2.59. The molecule has 1 aromatic rings. The van der Waals surface area contributed by atoms with Crippen LogP contribution in [0, 0.1) is 5.92 Å². The Bertz CT molecular complexity index is 485. The van der Waals surface area contributed by atoms with E-state index in [1.165, 1.54) is 0 Å². The lowest BCUT2D eigenvalue weighted by molar-refractivity contribution is -0.142. The van der Waals surface area contributed by atoms with E-state index in [1.54, 1.807) is 0 Å². The number of aliphatic carboxylic acids is 1. The minimum absolute atomic E-state index is 0.0478. The molecule has 0 heterocycles. The van der Waals surface area contributed by atoms with Gasteiger partial charge in [-0.1, -0.05) is 48.8 Å². The molecule has 0 aliphatic rings. The van der Waals surface area contributed by atoms with Gasteiger partial charge in [0, 0.05) is 10.9 Å². The van der Waals surface area contributed by atoms with Gasteiger partial charge in [-0.3, -0.25) is 4.79 Å². The van der Waals surface area contributed by atoms with Gasteiger partial charge in [0.15, 0.2) is 0 Å². The second kappa shape index (κ2) is 8.17. The molecule has 4 nitrogen and oxygen atoms in total. The first-order chi connectivity index (χ1) is 9.79. The summed E-state index contributed by atoms with van der Waals surface area (Å²) in [5.74, 6) is -0.936. The number of carbonyl (C=O) groups excluding carboxylic acids is 1. The Morgan fingerprint density at radius 3 is 2.24 bits per heavy atom. The molecule has 0 aromatic heterocycles. The maximum absolute atomic E-state index is 12.0. The lowest BCUT2D eigenvalue weighted by Crippen LogP contribution is -2.41. The number of carbonyl (C=O) groups is 2. The number of hydrogen-bond acceptors (Lipinski definition) is 2. The average molecular weight is 356 g/mol. The second-order valence-electron chi connectivity index (χ2n) is 5.74. The van der Waals surface area contributed by atoms with Crippen LogP contribution in [0.25, 0.3) is 0 Å². The minimum Gasteiger partial charge on any atom is -0.480 e. The first kappa shape index (κ1) is 17.7. The van der Waals surface area contributed by atoms with Crippen molar-refractivity contribution in [2.75, 3.05) is 0 Å². The van der Waals surface area contributed by atoms with E-state index in [-0.39, 0.29) is 24.2 Å². The van der Waals surface area contributed by atoms with E-state index in [0.29, 0.717) is 6.42 Å². The number of rotatable bonds is 7. The molecule has 0 spiro atoms. The van der Waals surface area contributed by atoms with Gasteiger partial charge in [0.2, 0.25) is 5.91 Å². The first-order valence-corrected chi connectivity index (χ1v) is 7.86. The fourth-order valence-electron chi connectivity index (χ4n) is 2.13. The molecule has 0 saturated carbocycles. The Labute approximate surface area is 134 Å². The highest BCUT2D eigenvalue weighted by Gasteiger charge is 2.22. The highest BCUT2D eigenvalue weighted by Crippen LogP contribution is 2.21. The Morgan fingerprint density at radius 1 is 1.19 bits per heavy atom. The van der Waals surface area contributed by atoms with Crippen molar-refractivity contribution in [2.45, 2.75) is 45.6 Å². The van der Waals surface area contributed by atoms with Crippen LogP contribution in [0.2, 0.25) is 0 Å². The zero-order valence-corrected chi connectivity index (χ0v) is 14.2. The van der Waals surface area contributed by atoms with Crippen LogP contribution in [0.15, 0.2) is 28.7 Å². The van der Waals surface area contributed by atoms with Crippen LogP contribution in [0.4, 0.5) is 0 Å². The molecule has 1 aromatic carbocycles. The summed E-state index contributed by atoms with van der Waals surface area (Å²) in [5, 5.41) is 11.7. The molecule has 0 bridgehead atoms. The third kappa shape index (κ3) is 6.29. The highest BCUT2D eigenvalue weighted by molar-refractivity contribution is 9.10. The summed E-state index contributed by atoms with van der Waals surface area (Å²) >= 11 is 3.37. The fraction of sp³-hybridized carbons (Fsp3) is 0.500. The number of benzene rings is 1. The molecule has 1 rings (SSSR count). The third-order valence-electron chi connectivity index (χ3n) is 3.27. The van der Waals surface area contributed by atoms with E-state index >= 15 is 0 Å². The summed E-state index contributed by atoms with van der Waals surface area (Å²) in [6, 6.07) is 6.98. The maximum atomic E-state index is 12.0. The molecular weight excluding hydrogens is 334 g/mol. The van der Waals surface area contributed by atoms with Crippen molar-refractivity contribution in [2.24, 2.45) is 5.92 Å². The monoisotopic (exact) mass is 355 g/mol. The van der Waals surface area contributed by atoms with E-state index in [9.17, 15) is 9.59 Å². The fourth-order valence-corrected chi connectivity index (χ4v) is 2.40. The van der Waals surface area contributed by atoms with Gasteiger partial charge in [-0.25, -0.2) is 4.79 Å². The van der Waals surface area contributed by atoms with E-state index in [1.807, 2.05) is 45.0 Å². The van der Waals surface area contributed by atoms with E-state index in [0.717, 1.165) is 10.0 Å². The quantitative estimate of drug-likeness (QED) is 0.785. The number of nitrogens with one attached hydrogen (secondary N) is 1. The van der Waals surface area contributed by atoms with Crippen molar-refractivity contribution in [3.05, 3.63) is 34.3 Å². The third-order valence-corrected chi connectivity index (χ3v) is 3.80. The topological polar surface area (TPSA) is 66.4 Å². The van der Waals surface area contributed by atoms with Crippen LogP contribution in [0.3, 0.4) is 0 Å². The number of carboxylic acid groups (broad SMARTS) is 1. The van der Waals surface area contributed by atoms with Gasteiger partial charge in [0.1, 0.15) is 6.04 Å². The number of amides is 1. The minimum atomic E-state index is -0.978. The summed E-state index contributed by atoms with van der Waals surface area (Å²) in [5.41, 5.74) is 1.06. The SMILES string of the molecule is CC(C)CC(NC(=O)CC(C)c1ccc(Br)cc1)C(=O)O. The lowest BCUT2D eigenvalue weighted by Gasteiger charge is -2.18. The van der Waals surface area contributed by atoms with Crippen molar-refractivity contribution in [3.63, 3.8) is 0 Å². The van der Waals surface area contributed by atoms with E-state index in [2.05, 4.69) is 21.2 Å². The molecule has 0 aliphatic heterocycles. The summed E-state index contributed by atoms with van der Waals surface area (Å²) in [4.78, 5) is 23.2. The van der Waals surface area contributed by atoms with Crippen molar-refractivity contribution in [3.8, 4) is 0 Å². The molecule has 2 atom stereocenters. The van der Waals surface area contributed by atoms with E-state index < -0.39 is 12.0 Å². The zero-order valence-electron chi connectivity index (χ0n) is 12.6. The van der Waals surface area contributed by atoms with Gasteiger partial charge in [0.25, 0.3) is 0 Å². The molecule has 0 saturated heterocycles. The van der Waals surface area contributed by atoms with Gasteiger partial charge >= 0.3 is 5.97 Å². The van der Waals surface area contributed by atoms with Gasteiger partial charge in [-0.05, 0) is 36.0 Å². The van der Waals surface area contributed by atoms with Crippen LogP contribution in [0.5, 0.6) is 0 Å². The summed E-state index contributed by atoms with van der Waals surface area (Å²) in [6.45, 7) is 5.83. The molecule has 0 radical (unpaired) electrons. The van der Waals surface area contributed by atoms with Gasteiger partial charge < -0.3 is 10.4 Å². The van der Waals surface area contributed by atoms with Gasteiger partial charge in [0.05, 0.1) is 0 Å². The Kier molecular flexibility index (Phi) is 6.89. The summed E-state index contributed by atoms with van der Waals surface area (Å²) in [7, 11) is 0. The van der Waals surface area contributed by atoms with Crippen molar-refractivity contribution >= 4 is 27.8 Å². The van der Waals surface area contributed by atoms with Crippen molar-refractivity contribution in [1.29, 1.82) is 0 Å². The summed E-state index contributed by atoms with van der Waals surface area (Å²) < 4.78 is 0.991. The van der Waals surface area contributed by atoms with Crippen LogP contribution < -0.4 is 5.32 Å². The molecule has 116 valence electrons. The summed E-state index contributed by atoms with van der Waals surface area (Å²) in [6.07, 6.45) is 0.719. The predicted octanol–water partition coefficient (Wildman–Crippen LogP) is 3.56. The second-order valence-corrected chi connectivity index (χ2v) is 6.66. The molecule has 1 amide bonds. The number of hydrogen-bond donors (Lipinski definition) is 2. The van der Waals surface area contributed by atoms with Crippen LogP contribution in [-0.2, 0) is 9.59 Å². The molecular formula is C16H22BrNO3. The van der Waals surface area contributed by atoms with Crippen LogP contribution in [-0.4, -0.2) is 23.0 Å². The number of halogens is 1. The Hall–Kier alpha value is -1.36. The zero-order chi connectivity index (χ0) is 16.0. The highest BCUT2D eigenvalue weighted by atomic mass is 79.9. The average Bonchev–Trinajstić information content (AvgIpc) is 2.37. The van der Waals surface area contributed by atoms with Crippen LogP contribution >= 0.6 is 15.9 Å². The molecule has 2 unspecified atom stereocenters. The molecule has 5 heteroatoms. The van der Waals surface area contributed by atoms with Crippen LogP contribution in [0.1, 0.15) is 45.1 Å². The van der Waals surface area contributed by atoms with Gasteiger partial charge in [-0.2, -0.15) is 0 Å². The number of carboxylic acids is 1. The van der Waals surface area contributed by atoms with Gasteiger partial charge in [-0.15, -0.1) is 0 Å². The maximum Gasteiger partial charge on any atom is 0.326 e. The first-order valence-electron chi connectivity index (χ1n) is 7.07. The Morgan fingerprint density at radius 2 is 1.76 bits per heavy atom. The normalized spacial score (nSPS) is 13.8. The lowest BCUT2D eigenvalue weighted by atomic mass is 9.97. The largest absolute Gasteiger partial charge is 0.480 e. The molecule has 0 aliphatic carbocycles. The molecule has 21 heavy (non-hydrogen) atoms. The standard InChI is InChI=1S/C16H22BrNO3/c1-10(2)8-14(16(20)21)18-15(19)9-11(3)12-4-6-13(17)7-5-12/h4-7,10-11,14H,8-9H2,1-3H3,(H,18,19)(H,20,21). The molecule has 0 fully saturated rings. The predicted molar refractivity (Wildman–Crippen MR) is 86.2 cm³/mol. The smallest absolute Gasteiger partial charge is 0.326 e. The van der Waals surface area contributed by atoms with E-state index in [4.69, 9.17) is 5.11 Å². The van der Waals surface area contributed by atoms with Crippen molar-refractivity contribution < 1.29 is 14.7 Å².